The second-order valence-corrected chi connectivity index (χ2v) is 11.4. The number of aromatic nitrogens is 4. The molecule has 33 heavy (non-hydrogen) atoms. The molecule has 0 atom stereocenters. The first-order valence-corrected chi connectivity index (χ1v) is 14.5. The van der Waals surface area contributed by atoms with Crippen molar-refractivity contribution in [3.63, 3.8) is 0 Å². The topological polar surface area (TPSA) is 116 Å². The summed E-state index contributed by atoms with van der Waals surface area (Å²) in [6, 6.07) is 10.1. The molecule has 0 saturated carbocycles. The lowest BCUT2D eigenvalue weighted by atomic mass is 10.1. The number of nitrogens with one attached hydrogen (secondary N) is 3. The van der Waals surface area contributed by atoms with Gasteiger partial charge in [-0.15, -0.1) is 0 Å². The molecule has 0 spiro atoms. The summed E-state index contributed by atoms with van der Waals surface area (Å²) in [7, 11) is -3.21. The molecular formula is C21H24IN7O2S2. The number of anilines is 3. The Bertz CT molecular complexity index is 1350. The van der Waals surface area contributed by atoms with Crippen molar-refractivity contribution >= 4 is 70.8 Å². The molecular weight excluding hydrogens is 573 g/mol. The van der Waals surface area contributed by atoms with Gasteiger partial charge in [-0.3, -0.25) is 5.10 Å². The Kier molecular flexibility index (Phi) is 7.46. The second-order valence-electron chi connectivity index (χ2n) is 7.48. The molecule has 0 unspecified atom stereocenters. The fourth-order valence-electron chi connectivity index (χ4n) is 3.42. The third kappa shape index (κ3) is 6.19. The molecule has 0 aliphatic carbocycles. The average Bonchev–Trinajstić information content (AvgIpc) is 3.37. The molecule has 0 aliphatic heterocycles. The lowest BCUT2D eigenvalue weighted by Crippen LogP contribution is -2.35. The zero-order valence-electron chi connectivity index (χ0n) is 18.2. The van der Waals surface area contributed by atoms with E-state index in [-0.39, 0.29) is 0 Å². The number of benzene rings is 1. The van der Waals surface area contributed by atoms with Crippen molar-refractivity contribution < 1.29 is 8.42 Å². The summed E-state index contributed by atoms with van der Waals surface area (Å²) >= 11 is 3.88. The van der Waals surface area contributed by atoms with Gasteiger partial charge in [0.2, 0.25) is 10.0 Å². The van der Waals surface area contributed by atoms with Gasteiger partial charge < -0.3 is 10.2 Å². The molecule has 3 N–H and O–H groups in total. The minimum atomic E-state index is -3.21. The average molecular weight is 598 g/mol. The SMILES string of the molecule is Cc1[nH]ncc1-c1ccc2nc(Nc3cc(N(CCI)CCNS(C)(=O)=O)ccn3)sc2c1. The van der Waals surface area contributed by atoms with Gasteiger partial charge in [0.15, 0.2) is 5.13 Å². The Morgan fingerprint density at radius 3 is 2.79 bits per heavy atom. The molecule has 9 nitrogen and oxygen atoms in total. The van der Waals surface area contributed by atoms with Crippen molar-refractivity contribution in [2.45, 2.75) is 6.92 Å². The fourth-order valence-corrected chi connectivity index (χ4v) is 5.38. The number of hydrogen-bond donors (Lipinski definition) is 3. The first-order chi connectivity index (χ1) is 15.8. The van der Waals surface area contributed by atoms with Crippen molar-refractivity contribution in [3.05, 3.63) is 48.4 Å². The molecule has 1 aromatic carbocycles. The lowest BCUT2D eigenvalue weighted by Gasteiger charge is -2.24. The number of halogens is 1. The van der Waals surface area contributed by atoms with E-state index in [1.165, 1.54) is 6.26 Å². The van der Waals surface area contributed by atoms with E-state index in [2.05, 4.69) is 64.8 Å². The minimum absolute atomic E-state index is 0.344. The summed E-state index contributed by atoms with van der Waals surface area (Å²) in [6.07, 6.45) is 4.75. The second kappa shape index (κ2) is 10.3. The number of aryl methyl sites for hydroxylation is 1. The molecule has 0 fully saturated rings. The molecule has 0 bridgehead atoms. The lowest BCUT2D eigenvalue weighted by molar-refractivity contribution is 0.587. The third-order valence-electron chi connectivity index (χ3n) is 4.97. The van der Waals surface area contributed by atoms with E-state index in [0.29, 0.717) is 18.9 Å². The molecule has 4 aromatic rings. The molecule has 4 rings (SSSR count). The van der Waals surface area contributed by atoms with Gasteiger partial charge in [0.05, 0.1) is 22.7 Å². The summed E-state index contributed by atoms with van der Waals surface area (Å²) in [4.78, 5) is 11.3. The Labute approximate surface area is 210 Å². The number of nitrogens with zero attached hydrogens (tertiary/aromatic N) is 4. The summed E-state index contributed by atoms with van der Waals surface area (Å²) in [5.41, 5.74) is 5.09. The minimum Gasteiger partial charge on any atom is -0.369 e. The molecule has 174 valence electrons. The van der Waals surface area contributed by atoms with Crippen molar-refractivity contribution in [2.75, 3.05) is 40.5 Å². The first kappa shape index (κ1) is 23.9. The molecule has 3 heterocycles. The van der Waals surface area contributed by atoms with E-state index >= 15 is 0 Å². The number of pyridine rings is 1. The van der Waals surface area contributed by atoms with Gasteiger partial charge in [0, 0.05) is 53.3 Å². The Morgan fingerprint density at radius 2 is 2.06 bits per heavy atom. The zero-order valence-corrected chi connectivity index (χ0v) is 22.0. The highest BCUT2D eigenvalue weighted by Gasteiger charge is 2.12. The van der Waals surface area contributed by atoms with Gasteiger partial charge in [-0.1, -0.05) is 40.0 Å². The van der Waals surface area contributed by atoms with Crippen LogP contribution in [0.15, 0.2) is 42.7 Å². The van der Waals surface area contributed by atoms with E-state index in [1.54, 1.807) is 17.5 Å². The summed E-state index contributed by atoms with van der Waals surface area (Å²) in [5, 5.41) is 11.2. The quantitative estimate of drug-likeness (QED) is 0.188. The number of fused-ring (bicyclic) bond motifs is 1. The van der Waals surface area contributed by atoms with Crippen LogP contribution in [0, 0.1) is 6.92 Å². The predicted octanol–water partition coefficient (Wildman–Crippen LogP) is 3.92. The van der Waals surface area contributed by atoms with Crippen molar-refractivity contribution in [1.29, 1.82) is 0 Å². The maximum absolute atomic E-state index is 11.4. The number of thiazole rings is 1. The maximum Gasteiger partial charge on any atom is 0.208 e. The summed E-state index contributed by atoms with van der Waals surface area (Å²) in [5.74, 6) is 0.687. The van der Waals surface area contributed by atoms with Gasteiger partial charge in [-0.25, -0.2) is 23.1 Å². The molecule has 3 aromatic heterocycles. The van der Waals surface area contributed by atoms with Crippen molar-refractivity contribution in [2.24, 2.45) is 0 Å². The van der Waals surface area contributed by atoms with E-state index in [4.69, 9.17) is 4.98 Å². The number of rotatable bonds is 10. The number of hydrogen-bond acceptors (Lipinski definition) is 8. The van der Waals surface area contributed by atoms with E-state index < -0.39 is 10.0 Å². The highest BCUT2D eigenvalue weighted by molar-refractivity contribution is 14.1. The monoisotopic (exact) mass is 597 g/mol. The summed E-state index contributed by atoms with van der Waals surface area (Å²) in [6.45, 7) is 3.71. The van der Waals surface area contributed by atoms with E-state index in [9.17, 15) is 8.42 Å². The van der Waals surface area contributed by atoms with Crippen LogP contribution in [-0.4, -0.2) is 58.9 Å². The molecule has 0 radical (unpaired) electrons. The number of H-pyrrole nitrogens is 1. The maximum atomic E-state index is 11.4. The van der Waals surface area contributed by atoms with Crippen molar-refractivity contribution in [1.82, 2.24) is 24.9 Å². The molecule has 0 amide bonds. The van der Waals surface area contributed by atoms with Gasteiger partial charge in [0.1, 0.15) is 5.82 Å². The van der Waals surface area contributed by atoms with Crippen LogP contribution < -0.4 is 14.9 Å². The zero-order chi connectivity index (χ0) is 23.4. The van der Waals surface area contributed by atoms with Crippen LogP contribution in [0.25, 0.3) is 21.3 Å². The van der Waals surface area contributed by atoms with E-state index in [1.807, 2.05) is 31.3 Å². The largest absolute Gasteiger partial charge is 0.369 e. The van der Waals surface area contributed by atoms with Gasteiger partial charge >= 0.3 is 0 Å². The first-order valence-electron chi connectivity index (χ1n) is 10.2. The molecule has 0 saturated heterocycles. The third-order valence-corrected chi connectivity index (χ3v) is 7.12. The highest BCUT2D eigenvalue weighted by Crippen LogP contribution is 2.32. The van der Waals surface area contributed by atoms with Crippen LogP contribution >= 0.6 is 33.9 Å². The summed E-state index contributed by atoms with van der Waals surface area (Å²) < 4.78 is 27.3. The Hall–Kier alpha value is -2.29. The number of alkyl halides is 1. The normalized spacial score (nSPS) is 11.7. The van der Waals surface area contributed by atoms with Crippen LogP contribution in [0.4, 0.5) is 16.6 Å². The van der Waals surface area contributed by atoms with E-state index in [0.717, 1.165) is 48.8 Å². The van der Waals surface area contributed by atoms with Crippen LogP contribution in [0.1, 0.15) is 5.69 Å². The standard InChI is InChI=1S/C21H24IN7O2S2/c1-14-17(13-24-28-14)15-3-4-18-19(11-15)32-21(26-18)27-20-12-16(5-7-23-20)29(9-6-22)10-8-25-33(2,30)31/h3-5,7,11-13,25H,6,8-10H2,1-2H3,(H,24,28)(H,23,26,27). The number of sulfonamides is 1. The van der Waals surface area contributed by atoms with Crippen LogP contribution in [0.5, 0.6) is 0 Å². The fraction of sp³-hybridized carbons (Fsp3) is 0.286. The smallest absolute Gasteiger partial charge is 0.208 e. The Morgan fingerprint density at radius 1 is 1.21 bits per heavy atom. The number of aromatic amines is 1. The van der Waals surface area contributed by atoms with Crippen LogP contribution in [0.3, 0.4) is 0 Å². The highest BCUT2D eigenvalue weighted by atomic mass is 127. The Balaban J connectivity index is 1.51. The van der Waals surface area contributed by atoms with Gasteiger partial charge in [-0.05, 0) is 30.7 Å². The van der Waals surface area contributed by atoms with Crippen LogP contribution in [0.2, 0.25) is 0 Å². The molecule has 0 aliphatic rings. The molecule has 12 heteroatoms. The van der Waals surface area contributed by atoms with Crippen molar-refractivity contribution in [3.8, 4) is 11.1 Å². The van der Waals surface area contributed by atoms with Gasteiger partial charge in [-0.2, -0.15) is 5.10 Å². The van der Waals surface area contributed by atoms with Crippen LogP contribution in [-0.2, 0) is 10.0 Å². The van der Waals surface area contributed by atoms with Gasteiger partial charge in [0.25, 0.3) is 0 Å². The predicted molar refractivity (Wildman–Crippen MR) is 143 cm³/mol.